The van der Waals surface area contributed by atoms with E-state index in [9.17, 15) is 0 Å². The number of halogens is 1. The summed E-state index contributed by atoms with van der Waals surface area (Å²) in [6, 6.07) is 8.40. The van der Waals surface area contributed by atoms with E-state index in [4.69, 9.17) is 5.73 Å². The monoisotopic (exact) mass is 310 g/mol. The Morgan fingerprint density at radius 1 is 1.24 bits per heavy atom. The van der Waals surface area contributed by atoms with E-state index in [-0.39, 0.29) is 0 Å². The van der Waals surface area contributed by atoms with E-state index in [1.807, 2.05) is 6.20 Å². The minimum atomic E-state index is 0.750. The maximum Gasteiger partial charge on any atom is 0.0971 e. The molecule has 0 atom stereocenters. The van der Waals surface area contributed by atoms with Crippen LogP contribution < -0.4 is 5.73 Å². The Kier molecular flexibility index (Phi) is 4.71. The summed E-state index contributed by atoms with van der Waals surface area (Å²) >= 11 is 5.23. The van der Waals surface area contributed by atoms with Gasteiger partial charge in [0.25, 0.3) is 0 Å². The molecule has 0 unspecified atom stereocenters. The van der Waals surface area contributed by atoms with E-state index in [0.29, 0.717) is 0 Å². The molecule has 0 saturated heterocycles. The van der Waals surface area contributed by atoms with Gasteiger partial charge in [-0.1, -0.05) is 28.1 Å². The summed E-state index contributed by atoms with van der Waals surface area (Å²) in [7, 11) is 0. The van der Waals surface area contributed by atoms with Gasteiger partial charge in [-0.2, -0.15) is 0 Å². The molecule has 1 aromatic heterocycles. The maximum absolute atomic E-state index is 5.50. The third-order valence-electron chi connectivity index (χ3n) is 2.50. The molecule has 0 spiro atoms. The van der Waals surface area contributed by atoms with Gasteiger partial charge in [-0.05, 0) is 37.1 Å². The van der Waals surface area contributed by atoms with Gasteiger partial charge in [-0.15, -0.1) is 11.3 Å². The zero-order chi connectivity index (χ0) is 12.1. The molecule has 0 aliphatic carbocycles. The van der Waals surface area contributed by atoms with Crippen LogP contribution in [0.15, 0.2) is 34.9 Å². The number of hydrogen-bond donors (Lipinski definition) is 1. The molecule has 0 aliphatic heterocycles. The van der Waals surface area contributed by atoms with Crippen LogP contribution in [0, 0.1) is 0 Å². The second-order valence-electron chi connectivity index (χ2n) is 3.92. The Hall–Kier alpha value is -0.710. The van der Waals surface area contributed by atoms with Crippen LogP contribution in [0.5, 0.6) is 0 Å². The van der Waals surface area contributed by atoms with E-state index in [1.165, 1.54) is 15.4 Å². The summed E-state index contributed by atoms with van der Waals surface area (Å²) < 4.78 is 1.11. The molecule has 0 radical (unpaired) electrons. The molecule has 0 amide bonds. The van der Waals surface area contributed by atoms with Gasteiger partial charge in [-0.3, -0.25) is 0 Å². The number of hydrogen-bond acceptors (Lipinski definition) is 3. The second-order valence-corrected chi connectivity index (χ2v) is 6.03. The highest BCUT2D eigenvalue weighted by atomic mass is 79.9. The van der Waals surface area contributed by atoms with Crippen molar-refractivity contribution in [1.82, 2.24) is 4.98 Å². The van der Waals surface area contributed by atoms with E-state index in [1.54, 1.807) is 11.3 Å². The number of rotatable bonds is 5. The molecular weight excluding hydrogens is 296 g/mol. The van der Waals surface area contributed by atoms with E-state index >= 15 is 0 Å². The van der Waals surface area contributed by atoms with Crippen molar-refractivity contribution >= 4 is 27.3 Å². The largest absolute Gasteiger partial charge is 0.330 e. The van der Waals surface area contributed by atoms with Crippen molar-refractivity contribution in [2.24, 2.45) is 5.73 Å². The van der Waals surface area contributed by atoms with E-state index in [2.05, 4.69) is 45.2 Å². The van der Waals surface area contributed by atoms with Crippen molar-refractivity contribution < 1.29 is 0 Å². The van der Waals surface area contributed by atoms with Crippen LogP contribution in [0.4, 0.5) is 0 Å². The molecule has 1 aromatic carbocycles. The summed E-state index contributed by atoms with van der Waals surface area (Å²) in [5, 5.41) is 1.18. The molecule has 2 N–H and O–H groups in total. The minimum Gasteiger partial charge on any atom is -0.330 e. The molecule has 2 aromatic rings. The minimum absolute atomic E-state index is 0.750. The summed E-state index contributed by atoms with van der Waals surface area (Å²) in [5.41, 5.74) is 6.80. The predicted octanol–water partition coefficient (Wildman–Crippen LogP) is 3.39. The van der Waals surface area contributed by atoms with Gasteiger partial charge in [0.1, 0.15) is 0 Å². The number of aromatic nitrogens is 1. The Labute approximate surface area is 114 Å². The van der Waals surface area contributed by atoms with Gasteiger partial charge in [-0.25, -0.2) is 4.98 Å². The molecule has 2 nitrogen and oxygen atoms in total. The average Bonchev–Trinajstić information content (AvgIpc) is 2.77. The van der Waals surface area contributed by atoms with Gasteiger partial charge in [0, 0.05) is 22.0 Å². The van der Waals surface area contributed by atoms with E-state index < -0.39 is 0 Å². The molecular formula is C13H15BrN2S. The highest BCUT2D eigenvalue weighted by Crippen LogP contribution is 2.19. The van der Waals surface area contributed by atoms with Gasteiger partial charge in [0.05, 0.1) is 5.01 Å². The Bertz CT molecular complexity index is 465. The Balaban J connectivity index is 1.98. The Morgan fingerprint density at radius 3 is 2.71 bits per heavy atom. The molecule has 0 fully saturated rings. The molecule has 17 heavy (non-hydrogen) atoms. The maximum atomic E-state index is 5.50. The van der Waals surface area contributed by atoms with Crippen LogP contribution in [0.3, 0.4) is 0 Å². The van der Waals surface area contributed by atoms with Crippen LogP contribution in [0.1, 0.15) is 21.9 Å². The molecule has 90 valence electrons. The third kappa shape index (κ3) is 3.91. The molecule has 4 heteroatoms. The summed E-state index contributed by atoms with van der Waals surface area (Å²) in [6.45, 7) is 0.750. The number of thiazole rings is 1. The standard InChI is InChI=1S/C13H15BrN2S/c14-11-5-3-10(4-6-11)8-13-16-9-12(17-13)2-1-7-15/h3-6,9H,1-2,7-8,15H2. The smallest absolute Gasteiger partial charge is 0.0971 e. The quantitative estimate of drug-likeness (QED) is 0.919. The molecule has 1 heterocycles. The molecule has 0 bridgehead atoms. The third-order valence-corrected chi connectivity index (χ3v) is 4.08. The number of nitrogens with two attached hydrogens (primary N) is 1. The first kappa shape index (κ1) is 12.7. The first-order valence-electron chi connectivity index (χ1n) is 5.66. The van der Waals surface area contributed by atoms with Crippen molar-refractivity contribution in [2.75, 3.05) is 6.54 Å². The van der Waals surface area contributed by atoms with Crippen LogP contribution >= 0.6 is 27.3 Å². The highest BCUT2D eigenvalue weighted by molar-refractivity contribution is 9.10. The lowest BCUT2D eigenvalue weighted by Gasteiger charge is -1.97. The highest BCUT2D eigenvalue weighted by Gasteiger charge is 2.03. The van der Waals surface area contributed by atoms with Crippen molar-refractivity contribution in [2.45, 2.75) is 19.3 Å². The Morgan fingerprint density at radius 2 is 2.00 bits per heavy atom. The fraction of sp³-hybridized carbons (Fsp3) is 0.308. The predicted molar refractivity (Wildman–Crippen MR) is 76.4 cm³/mol. The van der Waals surface area contributed by atoms with Crippen LogP contribution in [0.2, 0.25) is 0 Å². The summed E-state index contributed by atoms with van der Waals surface area (Å²) in [6.07, 6.45) is 4.99. The fourth-order valence-corrected chi connectivity index (χ4v) is 2.86. The summed E-state index contributed by atoms with van der Waals surface area (Å²) in [5.74, 6) is 0. The number of nitrogens with zero attached hydrogens (tertiary/aromatic N) is 1. The zero-order valence-electron chi connectivity index (χ0n) is 9.53. The lowest BCUT2D eigenvalue weighted by atomic mass is 10.2. The van der Waals surface area contributed by atoms with E-state index in [0.717, 1.165) is 30.3 Å². The normalized spacial score (nSPS) is 10.7. The van der Waals surface area contributed by atoms with Crippen molar-refractivity contribution in [3.8, 4) is 0 Å². The van der Waals surface area contributed by atoms with Crippen LogP contribution in [0.25, 0.3) is 0 Å². The lowest BCUT2D eigenvalue weighted by Crippen LogP contribution is -1.99. The topological polar surface area (TPSA) is 38.9 Å². The van der Waals surface area contributed by atoms with Crippen LogP contribution in [-0.4, -0.2) is 11.5 Å². The van der Waals surface area contributed by atoms with Gasteiger partial charge < -0.3 is 5.73 Å². The van der Waals surface area contributed by atoms with Gasteiger partial charge in [0.2, 0.25) is 0 Å². The van der Waals surface area contributed by atoms with Crippen LogP contribution in [-0.2, 0) is 12.8 Å². The first-order valence-corrected chi connectivity index (χ1v) is 7.27. The van der Waals surface area contributed by atoms with Gasteiger partial charge >= 0.3 is 0 Å². The SMILES string of the molecule is NCCCc1cnc(Cc2ccc(Br)cc2)s1. The first-order chi connectivity index (χ1) is 8.28. The van der Waals surface area contributed by atoms with Crippen molar-refractivity contribution in [3.63, 3.8) is 0 Å². The average molecular weight is 311 g/mol. The lowest BCUT2D eigenvalue weighted by molar-refractivity contribution is 0.841. The zero-order valence-corrected chi connectivity index (χ0v) is 11.9. The second kappa shape index (κ2) is 6.28. The fourth-order valence-electron chi connectivity index (χ4n) is 1.60. The summed E-state index contributed by atoms with van der Waals surface area (Å²) in [4.78, 5) is 5.79. The van der Waals surface area contributed by atoms with Gasteiger partial charge in [0.15, 0.2) is 0 Å². The number of aryl methyl sites for hydroxylation is 1. The molecule has 0 saturated carbocycles. The van der Waals surface area contributed by atoms with Crippen molar-refractivity contribution in [3.05, 3.63) is 50.4 Å². The number of benzene rings is 1. The molecule has 0 aliphatic rings. The molecule has 2 rings (SSSR count). The van der Waals surface area contributed by atoms with Crippen molar-refractivity contribution in [1.29, 1.82) is 0 Å².